The van der Waals surface area contributed by atoms with Crippen molar-refractivity contribution in [2.75, 3.05) is 0 Å². The summed E-state index contributed by atoms with van der Waals surface area (Å²) < 4.78 is 0. The molecule has 0 amide bonds. The second kappa shape index (κ2) is 7.59. The van der Waals surface area contributed by atoms with Gasteiger partial charge in [-0.3, -0.25) is 9.59 Å². The van der Waals surface area contributed by atoms with E-state index in [1.807, 2.05) is 6.92 Å². The maximum Gasteiger partial charge on any atom is 0.312 e. The zero-order chi connectivity index (χ0) is 26.7. The van der Waals surface area contributed by atoms with Gasteiger partial charge < -0.3 is 20.4 Å². The largest absolute Gasteiger partial charge is 0.481 e. The van der Waals surface area contributed by atoms with Gasteiger partial charge in [-0.2, -0.15) is 0 Å². The maximum absolute atomic E-state index is 12.8. The molecular weight excluding hydrogens is 456 g/mol. The number of allylic oxidation sites excluding steroid dienone is 1. The minimum atomic E-state index is -1.16. The molecule has 0 aromatic rings. The Morgan fingerprint density at radius 2 is 1.53 bits per heavy atom. The van der Waals surface area contributed by atoms with Crippen molar-refractivity contribution in [1.29, 1.82) is 0 Å². The van der Waals surface area contributed by atoms with E-state index in [2.05, 4.69) is 33.8 Å². The van der Waals surface area contributed by atoms with E-state index in [0.717, 1.165) is 44.1 Å². The molecule has 0 bridgehead atoms. The average Bonchev–Trinajstić information content (AvgIpc) is 2.79. The lowest BCUT2D eigenvalue weighted by Gasteiger charge is -2.71. The van der Waals surface area contributed by atoms with Crippen LogP contribution in [0.4, 0.5) is 0 Å². The fourth-order valence-corrected chi connectivity index (χ4v) is 10.8. The standard InChI is InChI=1S/C30H46O6/c1-17-9-14-30(24(34)35)16-15-26(3)18(22(30)29(17,6)36)7-8-19-25(2)12-11-21(31)28(5,23(32)33)20(25)10-13-27(19,26)4/h7,17,19-22,31,36H,8-16H2,1-6H3,(H,32,33)(H,34,35)/t17-,19-,20-,21+,22-,25+,26-,27+,28-,29+,30+/m1/s1. The Hall–Kier alpha value is -1.40. The summed E-state index contributed by atoms with van der Waals surface area (Å²) in [6.07, 6.45) is 7.77. The summed E-state index contributed by atoms with van der Waals surface area (Å²) in [7, 11) is 0. The molecule has 5 aliphatic rings. The van der Waals surface area contributed by atoms with Crippen molar-refractivity contribution in [1.82, 2.24) is 0 Å². The van der Waals surface area contributed by atoms with Gasteiger partial charge in [-0.1, -0.05) is 39.3 Å². The second-order valence-corrected chi connectivity index (χ2v) is 14.5. The normalized spacial score (nSPS) is 56.3. The van der Waals surface area contributed by atoms with Crippen LogP contribution in [-0.2, 0) is 9.59 Å². The molecule has 0 spiro atoms. The molecule has 5 aliphatic carbocycles. The third-order valence-corrected chi connectivity index (χ3v) is 13.6. The average molecular weight is 503 g/mol. The molecule has 4 saturated carbocycles. The van der Waals surface area contributed by atoms with E-state index in [-0.39, 0.29) is 34.0 Å². The number of hydrogen-bond acceptors (Lipinski definition) is 4. The van der Waals surface area contributed by atoms with Crippen molar-refractivity contribution in [2.45, 2.75) is 111 Å². The topological polar surface area (TPSA) is 115 Å². The number of rotatable bonds is 2. The zero-order valence-electron chi connectivity index (χ0n) is 22.9. The Kier molecular flexibility index (Phi) is 5.53. The van der Waals surface area contributed by atoms with Crippen LogP contribution < -0.4 is 0 Å². The van der Waals surface area contributed by atoms with Crippen molar-refractivity contribution in [3.8, 4) is 0 Å². The van der Waals surface area contributed by atoms with Crippen molar-refractivity contribution in [2.24, 2.45) is 50.7 Å². The first-order chi connectivity index (χ1) is 16.5. The zero-order valence-corrected chi connectivity index (χ0v) is 22.9. The van der Waals surface area contributed by atoms with Gasteiger partial charge in [0.2, 0.25) is 0 Å². The molecular formula is C30H46O6. The van der Waals surface area contributed by atoms with Gasteiger partial charge in [-0.15, -0.1) is 0 Å². The molecule has 0 aromatic carbocycles. The SMILES string of the molecule is C[C@@H]1CC[C@]2(C(=O)O)CC[C@]3(C)C(=CC[C@@H]4[C@]5(C)CC[C@H](O)[C@](C)(C(=O)O)[C@@H]5CC[C@@]43C)[C@@H]2[C@@]1(C)O. The van der Waals surface area contributed by atoms with Crippen LogP contribution in [0, 0.1) is 50.7 Å². The van der Waals surface area contributed by atoms with Crippen molar-refractivity contribution < 1.29 is 30.0 Å². The summed E-state index contributed by atoms with van der Waals surface area (Å²) in [6, 6.07) is 0. The quantitative estimate of drug-likeness (QED) is 0.383. The van der Waals surface area contributed by atoms with Gasteiger partial charge in [-0.25, -0.2) is 0 Å². The van der Waals surface area contributed by atoms with Gasteiger partial charge in [0.05, 0.1) is 22.5 Å². The van der Waals surface area contributed by atoms with Gasteiger partial charge in [0, 0.05) is 5.92 Å². The first-order valence-electron chi connectivity index (χ1n) is 14.1. The summed E-state index contributed by atoms with van der Waals surface area (Å²) >= 11 is 0. The molecule has 6 nitrogen and oxygen atoms in total. The van der Waals surface area contributed by atoms with E-state index in [1.54, 1.807) is 6.92 Å². The van der Waals surface area contributed by atoms with E-state index in [1.165, 1.54) is 0 Å². The number of aliphatic carboxylic acids is 2. The van der Waals surface area contributed by atoms with Crippen LogP contribution >= 0.6 is 0 Å². The smallest absolute Gasteiger partial charge is 0.312 e. The Morgan fingerprint density at radius 3 is 2.14 bits per heavy atom. The van der Waals surface area contributed by atoms with Gasteiger partial charge in [0.1, 0.15) is 0 Å². The number of aliphatic hydroxyl groups excluding tert-OH is 1. The van der Waals surface area contributed by atoms with Crippen molar-refractivity contribution >= 4 is 11.9 Å². The minimum Gasteiger partial charge on any atom is -0.481 e. The number of aliphatic hydroxyl groups is 2. The molecule has 0 radical (unpaired) electrons. The first-order valence-corrected chi connectivity index (χ1v) is 14.1. The number of carboxylic acid groups (broad SMARTS) is 2. The van der Waals surface area contributed by atoms with Crippen LogP contribution in [0.15, 0.2) is 11.6 Å². The third kappa shape index (κ3) is 2.81. The van der Waals surface area contributed by atoms with E-state index in [0.29, 0.717) is 19.3 Å². The highest BCUT2D eigenvalue weighted by Crippen LogP contribution is 2.76. The van der Waals surface area contributed by atoms with Gasteiger partial charge in [0.25, 0.3) is 0 Å². The highest BCUT2D eigenvalue weighted by atomic mass is 16.4. The predicted octanol–water partition coefficient (Wildman–Crippen LogP) is 5.27. The van der Waals surface area contributed by atoms with E-state index in [4.69, 9.17) is 0 Å². The Labute approximate surface area is 215 Å². The molecule has 4 fully saturated rings. The van der Waals surface area contributed by atoms with Crippen LogP contribution in [0.3, 0.4) is 0 Å². The molecule has 0 unspecified atom stereocenters. The van der Waals surface area contributed by atoms with Crippen LogP contribution in [0.25, 0.3) is 0 Å². The van der Waals surface area contributed by atoms with Crippen molar-refractivity contribution in [3.63, 3.8) is 0 Å². The molecule has 6 heteroatoms. The highest BCUT2D eigenvalue weighted by molar-refractivity contribution is 5.77. The predicted molar refractivity (Wildman–Crippen MR) is 136 cm³/mol. The van der Waals surface area contributed by atoms with Gasteiger partial charge >= 0.3 is 11.9 Å². The number of carbonyl (C=O) groups is 2. The minimum absolute atomic E-state index is 0.0214. The van der Waals surface area contributed by atoms with Crippen molar-refractivity contribution in [3.05, 3.63) is 11.6 Å². The Bertz CT molecular complexity index is 1020. The summed E-state index contributed by atoms with van der Waals surface area (Å²) in [5, 5.41) is 43.5. The second-order valence-electron chi connectivity index (χ2n) is 14.5. The molecule has 36 heavy (non-hydrogen) atoms. The lowest BCUT2D eigenvalue weighted by atomic mass is 9.33. The van der Waals surface area contributed by atoms with E-state index >= 15 is 0 Å². The summed E-state index contributed by atoms with van der Waals surface area (Å²) in [5.74, 6) is -1.93. The summed E-state index contributed by atoms with van der Waals surface area (Å²) in [6.45, 7) is 12.6. The molecule has 11 atom stereocenters. The summed E-state index contributed by atoms with van der Waals surface area (Å²) in [5.41, 5.74) is -2.66. The fraction of sp³-hybridized carbons (Fsp3) is 0.867. The Morgan fingerprint density at radius 1 is 0.861 bits per heavy atom. The fourth-order valence-electron chi connectivity index (χ4n) is 10.8. The van der Waals surface area contributed by atoms with Crippen LogP contribution in [-0.4, -0.2) is 44.1 Å². The number of fused-ring (bicyclic) bond motifs is 7. The molecule has 4 N–H and O–H groups in total. The number of hydrogen-bond donors (Lipinski definition) is 4. The molecule has 0 saturated heterocycles. The molecule has 5 rings (SSSR count). The summed E-state index contributed by atoms with van der Waals surface area (Å²) in [4.78, 5) is 25.4. The van der Waals surface area contributed by atoms with Crippen LogP contribution in [0.1, 0.15) is 99.3 Å². The molecule has 202 valence electrons. The highest BCUT2D eigenvalue weighted by Gasteiger charge is 2.72. The van der Waals surface area contributed by atoms with E-state index in [9.17, 15) is 30.0 Å². The Balaban J connectivity index is 1.64. The molecule has 0 aromatic heterocycles. The van der Waals surface area contributed by atoms with Crippen LogP contribution in [0.5, 0.6) is 0 Å². The molecule has 0 heterocycles. The lowest BCUT2D eigenvalue weighted by molar-refractivity contribution is -0.224. The number of carboxylic acids is 2. The monoisotopic (exact) mass is 502 g/mol. The maximum atomic E-state index is 12.8. The van der Waals surface area contributed by atoms with Gasteiger partial charge in [0.15, 0.2) is 0 Å². The van der Waals surface area contributed by atoms with Gasteiger partial charge in [-0.05, 0) is 106 Å². The van der Waals surface area contributed by atoms with E-state index < -0.39 is 40.4 Å². The van der Waals surface area contributed by atoms with Crippen LogP contribution in [0.2, 0.25) is 0 Å². The molecule has 0 aliphatic heterocycles. The third-order valence-electron chi connectivity index (χ3n) is 13.6. The first kappa shape index (κ1) is 26.2. The lowest BCUT2D eigenvalue weighted by Crippen LogP contribution is -2.68.